The molecule has 0 amide bonds. The van der Waals surface area contributed by atoms with E-state index in [4.69, 9.17) is 4.52 Å². The average Bonchev–Trinajstić information content (AvgIpc) is 3.07. The predicted octanol–water partition coefficient (Wildman–Crippen LogP) is 3.02. The molecule has 0 N–H and O–H groups in total. The first-order valence-corrected chi connectivity index (χ1v) is 8.54. The third kappa shape index (κ3) is 1.79. The Morgan fingerprint density at radius 3 is 3.08 bits per heavy atom. The van der Waals surface area contributed by atoms with Crippen molar-refractivity contribution in [2.75, 3.05) is 0 Å². The molecule has 128 valence electrons. The van der Waals surface area contributed by atoms with Crippen LogP contribution in [0.15, 0.2) is 52.6 Å². The Balaban J connectivity index is 1.61. The van der Waals surface area contributed by atoms with Gasteiger partial charge in [0, 0.05) is 11.1 Å². The van der Waals surface area contributed by atoms with Gasteiger partial charge >= 0.3 is 5.95 Å². The first-order chi connectivity index (χ1) is 12.7. The Kier molecular flexibility index (Phi) is 2.56. The second-order valence-electron chi connectivity index (χ2n) is 6.90. The number of quaternary nitrogens is 1. The summed E-state index contributed by atoms with van der Waals surface area (Å²) in [7, 11) is 0. The molecule has 4 heterocycles. The molecule has 1 aliphatic carbocycles. The van der Waals surface area contributed by atoms with Crippen LogP contribution in [0.5, 0.6) is 0 Å². The number of amidine groups is 1. The molecule has 0 bridgehead atoms. The zero-order valence-electron chi connectivity index (χ0n) is 13.7. The summed E-state index contributed by atoms with van der Waals surface area (Å²) in [6.07, 6.45) is 9.36. The summed E-state index contributed by atoms with van der Waals surface area (Å²) in [5.41, 5.74) is 2.46. The molecule has 1 saturated carbocycles. The minimum atomic E-state index is -0.300. The lowest BCUT2D eigenvalue weighted by Crippen LogP contribution is -2.47. The molecule has 8 heteroatoms. The van der Waals surface area contributed by atoms with Gasteiger partial charge in [-0.15, -0.1) is 4.98 Å². The molecule has 2 aliphatic heterocycles. The second-order valence-corrected chi connectivity index (χ2v) is 6.90. The van der Waals surface area contributed by atoms with Crippen LogP contribution in [0.4, 0.5) is 10.3 Å². The minimum absolute atomic E-state index is 0.209. The average molecular weight is 349 g/mol. The molecule has 3 aliphatic rings. The molecule has 0 radical (unpaired) electrons. The van der Waals surface area contributed by atoms with Crippen molar-refractivity contribution in [1.29, 1.82) is 0 Å². The molecule has 1 fully saturated rings. The number of rotatable bonds is 2. The molecule has 3 aromatic rings. The van der Waals surface area contributed by atoms with Crippen LogP contribution in [0.3, 0.4) is 0 Å². The van der Waals surface area contributed by atoms with Crippen LogP contribution in [-0.2, 0) is 6.54 Å². The number of hydrogen-bond acceptors (Lipinski definition) is 5. The van der Waals surface area contributed by atoms with Crippen molar-refractivity contribution in [1.82, 2.24) is 24.2 Å². The molecule has 1 unspecified atom stereocenters. The molecule has 6 rings (SSSR count). The van der Waals surface area contributed by atoms with Gasteiger partial charge in [0.25, 0.3) is 0 Å². The zero-order chi connectivity index (χ0) is 17.3. The molecule has 26 heavy (non-hydrogen) atoms. The first kappa shape index (κ1) is 14.1. The normalized spacial score (nSPS) is 23.2. The highest BCUT2D eigenvalue weighted by molar-refractivity contribution is 6.10. The van der Waals surface area contributed by atoms with E-state index in [0.717, 1.165) is 29.9 Å². The highest BCUT2D eigenvalue weighted by atomic mass is 19.1. The van der Waals surface area contributed by atoms with Crippen molar-refractivity contribution in [2.45, 2.75) is 25.3 Å². The van der Waals surface area contributed by atoms with E-state index in [1.807, 2.05) is 10.8 Å². The Morgan fingerprint density at radius 1 is 1.27 bits per heavy atom. The Bertz CT molecular complexity index is 1110. The molecule has 0 saturated heterocycles. The molecule has 1 atom stereocenters. The van der Waals surface area contributed by atoms with Crippen molar-refractivity contribution >= 4 is 11.8 Å². The maximum atomic E-state index is 14.0. The maximum Gasteiger partial charge on any atom is 0.377 e. The number of imidazole rings is 1. The lowest BCUT2D eigenvalue weighted by molar-refractivity contribution is 0.367. The Morgan fingerprint density at radius 2 is 2.19 bits per heavy atom. The van der Waals surface area contributed by atoms with E-state index in [0.29, 0.717) is 30.0 Å². The monoisotopic (exact) mass is 349 g/mol. The quantitative estimate of drug-likeness (QED) is 0.667. The number of benzene rings is 1. The molecule has 1 aromatic carbocycles. The number of fused-ring (bicyclic) bond motifs is 5. The number of halogens is 1. The molecular weight excluding hydrogens is 335 g/mol. The summed E-state index contributed by atoms with van der Waals surface area (Å²) in [6, 6.07) is 4.70. The highest BCUT2D eigenvalue weighted by Crippen LogP contribution is 2.42. The van der Waals surface area contributed by atoms with Crippen LogP contribution in [0.1, 0.15) is 35.9 Å². The van der Waals surface area contributed by atoms with Crippen LogP contribution in [-0.4, -0.2) is 25.5 Å². The summed E-state index contributed by atoms with van der Waals surface area (Å²) >= 11 is 0. The Hall–Kier alpha value is -3.13. The Labute approximate surface area is 147 Å². The van der Waals surface area contributed by atoms with E-state index in [1.165, 1.54) is 12.1 Å². The standard InChI is InChI=1S/C18H14FN6O/c19-12-3-4-14-15(7-12)24-10-20-8-13(24)9-25(6-5-21-16(14)25)18-22-17(26-23-18)11-1-2-11/h3-8,10-11H,1-2,9H2/q+1. The third-order valence-corrected chi connectivity index (χ3v) is 5.20. The van der Waals surface area contributed by atoms with E-state index in [1.54, 1.807) is 24.8 Å². The van der Waals surface area contributed by atoms with Gasteiger partial charge in [-0.2, -0.15) is 9.48 Å². The van der Waals surface area contributed by atoms with E-state index in [-0.39, 0.29) is 10.3 Å². The van der Waals surface area contributed by atoms with Gasteiger partial charge in [-0.1, -0.05) is 0 Å². The van der Waals surface area contributed by atoms with E-state index < -0.39 is 0 Å². The summed E-state index contributed by atoms with van der Waals surface area (Å²) in [5, 5.41) is 4.27. The third-order valence-electron chi connectivity index (χ3n) is 5.20. The topological polar surface area (TPSA) is 69.1 Å². The number of nitrogens with zero attached hydrogens (tertiary/aromatic N) is 6. The van der Waals surface area contributed by atoms with E-state index in [9.17, 15) is 4.39 Å². The fraction of sp³-hybridized carbons (Fsp3) is 0.222. The first-order valence-electron chi connectivity index (χ1n) is 8.54. The van der Waals surface area contributed by atoms with Gasteiger partial charge in [-0.05, 0) is 31.0 Å². The molecule has 0 spiro atoms. The summed E-state index contributed by atoms with van der Waals surface area (Å²) in [6.45, 7) is 0.523. The van der Waals surface area contributed by atoms with Crippen LogP contribution < -0.4 is 4.48 Å². The number of hydrogen-bond donors (Lipinski definition) is 0. The van der Waals surface area contributed by atoms with Crippen LogP contribution in [0.25, 0.3) is 5.69 Å². The molecular formula is C18H14FN6O+. The number of aliphatic imine (C=N–C) groups is 1. The lowest BCUT2D eigenvalue weighted by Gasteiger charge is -2.25. The van der Waals surface area contributed by atoms with Gasteiger partial charge in [0.2, 0.25) is 11.7 Å². The van der Waals surface area contributed by atoms with Gasteiger partial charge in [-0.3, -0.25) is 4.57 Å². The van der Waals surface area contributed by atoms with Gasteiger partial charge in [0.15, 0.2) is 0 Å². The van der Waals surface area contributed by atoms with Crippen molar-refractivity contribution in [3.8, 4) is 5.69 Å². The van der Waals surface area contributed by atoms with Crippen LogP contribution >= 0.6 is 0 Å². The van der Waals surface area contributed by atoms with Crippen LogP contribution in [0, 0.1) is 5.82 Å². The number of aromatic nitrogens is 4. The maximum absolute atomic E-state index is 14.0. The predicted molar refractivity (Wildman–Crippen MR) is 91.0 cm³/mol. The van der Waals surface area contributed by atoms with E-state index >= 15 is 0 Å². The van der Waals surface area contributed by atoms with Gasteiger partial charge in [-0.25, -0.2) is 9.37 Å². The van der Waals surface area contributed by atoms with E-state index in [2.05, 4.69) is 20.1 Å². The van der Waals surface area contributed by atoms with Gasteiger partial charge in [0.1, 0.15) is 18.6 Å². The van der Waals surface area contributed by atoms with Gasteiger partial charge < -0.3 is 4.52 Å². The zero-order valence-corrected chi connectivity index (χ0v) is 13.7. The van der Waals surface area contributed by atoms with Gasteiger partial charge in [0.05, 0.1) is 35.7 Å². The SMILES string of the molecule is Fc1ccc2c(c1)-n1cncc1C[N+]1(c3noc(C4CC4)n3)C=CN=C21. The molecule has 2 aromatic heterocycles. The second kappa shape index (κ2) is 4.73. The van der Waals surface area contributed by atoms with Crippen molar-refractivity contribution in [3.05, 3.63) is 66.1 Å². The van der Waals surface area contributed by atoms with Crippen molar-refractivity contribution in [2.24, 2.45) is 4.99 Å². The summed E-state index contributed by atoms with van der Waals surface area (Å²) in [4.78, 5) is 13.5. The fourth-order valence-corrected chi connectivity index (χ4v) is 3.73. The minimum Gasteiger partial charge on any atom is -0.334 e. The van der Waals surface area contributed by atoms with Crippen LogP contribution in [0.2, 0.25) is 0 Å². The summed E-state index contributed by atoms with van der Waals surface area (Å²) in [5.74, 6) is 2.06. The van der Waals surface area contributed by atoms with Crippen molar-refractivity contribution in [3.63, 3.8) is 0 Å². The lowest BCUT2D eigenvalue weighted by atomic mass is 10.1. The largest absolute Gasteiger partial charge is 0.377 e. The highest BCUT2D eigenvalue weighted by Gasteiger charge is 2.48. The smallest absolute Gasteiger partial charge is 0.334 e. The fourth-order valence-electron chi connectivity index (χ4n) is 3.73. The molecule has 7 nitrogen and oxygen atoms in total. The van der Waals surface area contributed by atoms with Crippen molar-refractivity contribution < 1.29 is 8.91 Å². The summed E-state index contributed by atoms with van der Waals surface area (Å²) < 4.78 is 21.6.